The molecule has 0 radical (unpaired) electrons. The van der Waals surface area contributed by atoms with Crippen molar-refractivity contribution < 1.29 is 22.7 Å². The van der Waals surface area contributed by atoms with E-state index in [1.807, 2.05) is 13.8 Å². The molecule has 3 rings (SSSR count). The average Bonchev–Trinajstić information content (AvgIpc) is 2.74. The molecule has 0 N–H and O–H groups in total. The Morgan fingerprint density at radius 1 is 1.06 bits per heavy atom. The minimum atomic E-state index is -3.72. The number of nitrogens with zero attached hydrogens (tertiary/aromatic N) is 2. The van der Waals surface area contributed by atoms with Gasteiger partial charge in [0.05, 0.1) is 15.5 Å². The molecule has 1 amide bonds. The van der Waals surface area contributed by atoms with Crippen molar-refractivity contribution in [2.24, 2.45) is 0 Å². The zero-order chi connectivity index (χ0) is 22.8. The summed E-state index contributed by atoms with van der Waals surface area (Å²) >= 11 is 6.18. The number of piperidine rings is 2. The van der Waals surface area contributed by atoms with Gasteiger partial charge in [-0.2, -0.15) is 4.31 Å². The lowest BCUT2D eigenvalue weighted by Gasteiger charge is -2.40. The Bertz CT molecular complexity index is 920. The number of benzene rings is 1. The largest absolute Gasteiger partial charge is 0.449 e. The van der Waals surface area contributed by atoms with Gasteiger partial charge in [-0.1, -0.05) is 18.0 Å². The summed E-state index contributed by atoms with van der Waals surface area (Å²) in [6, 6.07) is 4.20. The number of carbonyl (C=O) groups excluding carboxylic acids is 2. The number of halogens is 1. The molecule has 1 aromatic rings. The van der Waals surface area contributed by atoms with Gasteiger partial charge < -0.3 is 9.64 Å². The summed E-state index contributed by atoms with van der Waals surface area (Å²) in [6.45, 7) is 6.45. The fourth-order valence-electron chi connectivity index (χ4n) is 4.42. The SMILES string of the molecule is C[C@@H]1CCC[C@H](C)N1C(=O)[C@@H](C)OC(=O)c1cc(S(=O)(=O)N2CCCCC2)ccc1Cl. The van der Waals surface area contributed by atoms with Crippen LogP contribution in [0.3, 0.4) is 0 Å². The smallest absolute Gasteiger partial charge is 0.340 e. The lowest BCUT2D eigenvalue weighted by atomic mass is 9.97. The predicted molar refractivity (Wildman–Crippen MR) is 119 cm³/mol. The van der Waals surface area contributed by atoms with Crippen LogP contribution >= 0.6 is 11.6 Å². The van der Waals surface area contributed by atoms with Crippen LogP contribution in [-0.2, 0) is 19.6 Å². The lowest BCUT2D eigenvalue weighted by molar-refractivity contribution is -0.146. The Kier molecular flexibility index (Phi) is 7.65. The summed E-state index contributed by atoms with van der Waals surface area (Å²) in [5.74, 6) is -1.06. The highest BCUT2D eigenvalue weighted by atomic mass is 35.5. The molecule has 7 nitrogen and oxygen atoms in total. The third-order valence-electron chi connectivity index (χ3n) is 6.19. The first-order valence-corrected chi connectivity index (χ1v) is 12.8. The Balaban J connectivity index is 1.77. The molecular formula is C22H31ClN2O5S. The summed E-state index contributed by atoms with van der Waals surface area (Å²) in [5.41, 5.74) is -0.0563. The maximum Gasteiger partial charge on any atom is 0.340 e. The molecule has 2 saturated heterocycles. The monoisotopic (exact) mass is 470 g/mol. The Labute approximate surface area is 189 Å². The third-order valence-corrected chi connectivity index (χ3v) is 8.41. The van der Waals surface area contributed by atoms with Crippen molar-refractivity contribution in [3.63, 3.8) is 0 Å². The van der Waals surface area contributed by atoms with E-state index in [1.165, 1.54) is 29.4 Å². The molecule has 0 aliphatic carbocycles. The summed E-state index contributed by atoms with van der Waals surface area (Å²) in [5, 5.41) is 0.0851. The van der Waals surface area contributed by atoms with E-state index in [-0.39, 0.29) is 33.5 Å². The molecule has 9 heteroatoms. The second-order valence-electron chi connectivity index (χ2n) is 8.53. The molecule has 2 heterocycles. The second-order valence-corrected chi connectivity index (χ2v) is 10.9. The molecule has 3 atom stereocenters. The van der Waals surface area contributed by atoms with Crippen molar-refractivity contribution in [3.8, 4) is 0 Å². The molecule has 172 valence electrons. The third kappa shape index (κ3) is 5.23. The van der Waals surface area contributed by atoms with Crippen molar-refractivity contribution in [2.45, 2.75) is 82.4 Å². The fraction of sp³-hybridized carbons (Fsp3) is 0.636. The van der Waals surface area contributed by atoms with Gasteiger partial charge in [-0.05, 0) is 71.1 Å². The predicted octanol–water partition coefficient (Wildman–Crippen LogP) is 3.85. The van der Waals surface area contributed by atoms with Crippen LogP contribution in [0, 0.1) is 0 Å². The first-order chi connectivity index (χ1) is 14.6. The van der Waals surface area contributed by atoms with E-state index in [4.69, 9.17) is 16.3 Å². The van der Waals surface area contributed by atoms with Gasteiger partial charge in [0.1, 0.15) is 0 Å². The summed E-state index contributed by atoms with van der Waals surface area (Å²) in [6.07, 6.45) is 4.54. The van der Waals surface area contributed by atoms with Crippen LogP contribution in [0.4, 0.5) is 0 Å². The zero-order valence-corrected chi connectivity index (χ0v) is 19.9. The number of likely N-dealkylation sites (tertiary alicyclic amines) is 1. The molecule has 31 heavy (non-hydrogen) atoms. The van der Waals surface area contributed by atoms with Crippen LogP contribution in [0.2, 0.25) is 5.02 Å². The molecule has 0 aromatic heterocycles. The Hall–Kier alpha value is -1.64. The van der Waals surface area contributed by atoms with Crippen LogP contribution in [0.25, 0.3) is 0 Å². The quantitative estimate of drug-likeness (QED) is 0.610. The number of hydrogen-bond donors (Lipinski definition) is 0. The van der Waals surface area contributed by atoms with Crippen LogP contribution in [-0.4, -0.2) is 60.8 Å². The van der Waals surface area contributed by atoms with Gasteiger partial charge in [0.2, 0.25) is 10.0 Å². The minimum absolute atomic E-state index is 0.00278. The normalized spacial score (nSPS) is 23.9. The van der Waals surface area contributed by atoms with Gasteiger partial charge in [0.25, 0.3) is 5.91 Å². The van der Waals surface area contributed by atoms with E-state index in [0.717, 1.165) is 38.5 Å². The van der Waals surface area contributed by atoms with Crippen molar-refractivity contribution in [3.05, 3.63) is 28.8 Å². The second kappa shape index (κ2) is 9.88. The van der Waals surface area contributed by atoms with E-state index in [9.17, 15) is 18.0 Å². The molecule has 2 aliphatic rings. The molecule has 0 saturated carbocycles. The summed E-state index contributed by atoms with van der Waals surface area (Å²) < 4.78 is 32.8. The molecule has 2 fully saturated rings. The minimum Gasteiger partial charge on any atom is -0.449 e. The number of rotatable bonds is 5. The highest BCUT2D eigenvalue weighted by molar-refractivity contribution is 7.89. The topological polar surface area (TPSA) is 84.0 Å². The van der Waals surface area contributed by atoms with Crippen molar-refractivity contribution >= 4 is 33.5 Å². The number of esters is 1. The van der Waals surface area contributed by atoms with E-state index in [0.29, 0.717) is 13.1 Å². The molecular weight excluding hydrogens is 440 g/mol. The van der Waals surface area contributed by atoms with Gasteiger partial charge in [0.15, 0.2) is 6.10 Å². The molecule has 1 aromatic carbocycles. The summed E-state index contributed by atoms with van der Waals surface area (Å²) in [7, 11) is -3.72. The van der Waals surface area contributed by atoms with Crippen LogP contribution in [0.1, 0.15) is 69.7 Å². The van der Waals surface area contributed by atoms with Gasteiger partial charge in [-0.3, -0.25) is 4.79 Å². The van der Waals surface area contributed by atoms with Gasteiger partial charge in [-0.15, -0.1) is 0 Å². The molecule has 0 spiro atoms. The number of carbonyl (C=O) groups is 2. The van der Waals surface area contributed by atoms with Crippen molar-refractivity contribution in [1.29, 1.82) is 0 Å². The van der Waals surface area contributed by atoms with E-state index in [2.05, 4.69) is 0 Å². The van der Waals surface area contributed by atoms with Crippen LogP contribution in [0.5, 0.6) is 0 Å². The Morgan fingerprint density at radius 3 is 2.29 bits per heavy atom. The first kappa shape index (κ1) is 24.0. The van der Waals surface area contributed by atoms with E-state index < -0.39 is 22.1 Å². The van der Waals surface area contributed by atoms with Crippen molar-refractivity contribution in [2.75, 3.05) is 13.1 Å². The van der Waals surface area contributed by atoms with Gasteiger partial charge >= 0.3 is 5.97 Å². The molecule has 0 bridgehead atoms. The number of hydrogen-bond acceptors (Lipinski definition) is 5. The van der Waals surface area contributed by atoms with Crippen LogP contribution < -0.4 is 0 Å². The fourth-order valence-corrected chi connectivity index (χ4v) is 6.15. The maximum atomic E-state index is 13.0. The average molecular weight is 471 g/mol. The maximum absolute atomic E-state index is 13.0. The molecule has 0 unspecified atom stereocenters. The first-order valence-electron chi connectivity index (χ1n) is 11.0. The number of ether oxygens (including phenoxy) is 1. The van der Waals surface area contributed by atoms with E-state index >= 15 is 0 Å². The zero-order valence-electron chi connectivity index (χ0n) is 18.3. The Morgan fingerprint density at radius 2 is 1.68 bits per heavy atom. The number of amides is 1. The van der Waals surface area contributed by atoms with E-state index in [1.54, 1.807) is 4.90 Å². The summed E-state index contributed by atoms with van der Waals surface area (Å²) in [4.78, 5) is 27.5. The molecule has 2 aliphatic heterocycles. The lowest BCUT2D eigenvalue weighted by Crippen LogP contribution is -2.51. The van der Waals surface area contributed by atoms with Gasteiger partial charge in [0, 0.05) is 25.2 Å². The standard InChI is InChI=1S/C22H31ClN2O5S/c1-15-8-7-9-16(2)25(15)21(26)17(3)30-22(27)19-14-18(10-11-20(19)23)31(28,29)24-12-5-4-6-13-24/h10-11,14-17H,4-9,12-13H2,1-3H3/t15-,16+,17-/m1/s1. The highest BCUT2D eigenvalue weighted by Gasteiger charge is 2.34. The number of sulfonamides is 1. The van der Waals surface area contributed by atoms with Crippen LogP contribution in [0.15, 0.2) is 23.1 Å². The highest BCUT2D eigenvalue weighted by Crippen LogP contribution is 2.27. The van der Waals surface area contributed by atoms with Gasteiger partial charge in [-0.25, -0.2) is 13.2 Å². The van der Waals surface area contributed by atoms with Crippen molar-refractivity contribution in [1.82, 2.24) is 9.21 Å².